The maximum atomic E-state index is 13.5. The number of amides is 7. The SMILES string of the molecule is CC(c1ccc2oc3ccc(CC(NC(=O)CNC=O)C(=O)N[C@H](CO)Cc4cnc[nH]4)cc3c2c1)N(C)C(=O)CNC(=O)CNC(=O)[C@@H](CO)NC=O.CCCCCCCCCCCCCCCC. The fourth-order valence-corrected chi connectivity index (χ4v) is 7.83. The minimum absolute atomic E-state index is 0.0594. The van der Waals surface area contributed by atoms with Crippen molar-refractivity contribution in [3.05, 3.63) is 65.7 Å². The smallest absolute Gasteiger partial charge is 0.245 e. The molecule has 0 fully saturated rings. The average Bonchev–Trinajstić information content (AvgIpc) is 4.02. The number of rotatable bonds is 34. The van der Waals surface area contributed by atoms with Crippen LogP contribution in [0, 0.1) is 0 Å². The van der Waals surface area contributed by atoms with Crippen LogP contribution in [0.4, 0.5) is 0 Å². The standard InChI is InChI=1S/C35H43N9O10.C16H34/c1-20(44(2)33(51)14-38-31(49)13-39-34(52)28(16-46)41-19-48)22-4-6-30-26(9-22)25-7-21(3-5-29(25)54-30)8-27(43-32(50)12-37-18-47)35(53)42-24(15-45)10-23-11-36-17-40-23;1-3-5-7-9-11-13-15-16-14-12-10-8-6-4-2/h3-7,9,11,17-20,24,27-28,45-46H,8,10,12-16H2,1-2H3,(H,36,40)(H,37,47)(H,38,49)(H,39,52)(H,41,48)(H,42,53)(H,43,50);3-16H2,1-2H3/t20?,24-,27?,28+;/m0./s1. The third kappa shape index (κ3) is 20.7. The zero-order valence-electron chi connectivity index (χ0n) is 41.5. The van der Waals surface area contributed by atoms with Gasteiger partial charge in [0.25, 0.3) is 0 Å². The van der Waals surface area contributed by atoms with E-state index in [1.807, 2.05) is 18.2 Å². The average molecular weight is 976 g/mol. The van der Waals surface area contributed by atoms with Gasteiger partial charge < -0.3 is 56.4 Å². The quantitative estimate of drug-likeness (QED) is 0.0237. The number of unbranched alkanes of at least 4 members (excludes halogenated alkanes) is 13. The van der Waals surface area contributed by atoms with E-state index < -0.39 is 66.9 Å². The van der Waals surface area contributed by atoms with Crippen LogP contribution in [0.15, 0.2) is 53.3 Å². The minimum Gasteiger partial charge on any atom is -0.456 e. The van der Waals surface area contributed by atoms with Gasteiger partial charge in [-0.2, -0.15) is 0 Å². The monoisotopic (exact) mass is 976 g/mol. The molecule has 4 atom stereocenters. The highest BCUT2D eigenvalue weighted by Gasteiger charge is 2.25. The Morgan fingerprint density at radius 1 is 0.700 bits per heavy atom. The molecule has 0 spiro atoms. The molecule has 0 saturated carbocycles. The molecule has 2 unspecified atom stereocenters. The molecule has 70 heavy (non-hydrogen) atoms. The number of aliphatic hydroxyl groups excluding tert-OH is 2. The van der Waals surface area contributed by atoms with Crippen LogP contribution < -0.4 is 31.9 Å². The number of furan rings is 1. The van der Waals surface area contributed by atoms with Crippen molar-refractivity contribution in [2.45, 2.75) is 148 Å². The fraction of sp³-hybridized carbons (Fsp3) is 0.569. The molecule has 4 rings (SSSR count). The van der Waals surface area contributed by atoms with Gasteiger partial charge in [-0.25, -0.2) is 4.98 Å². The Bertz CT molecular complexity index is 2180. The number of benzene rings is 2. The molecular weight excluding hydrogens is 899 g/mol. The summed E-state index contributed by atoms with van der Waals surface area (Å²) < 4.78 is 6.05. The molecule has 2 heterocycles. The molecule has 7 amide bonds. The number of fused-ring (bicyclic) bond motifs is 3. The molecule has 0 aliphatic carbocycles. The third-order valence-corrected chi connectivity index (χ3v) is 12.1. The summed E-state index contributed by atoms with van der Waals surface area (Å²) in [6.07, 6.45) is 24.4. The molecule has 19 nitrogen and oxygen atoms in total. The van der Waals surface area contributed by atoms with Crippen LogP contribution in [0.2, 0.25) is 0 Å². The zero-order chi connectivity index (χ0) is 51.1. The van der Waals surface area contributed by atoms with Crippen LogP contribution >= 0.6 is 0 Å². The van der Waals surface area contributed by atoms with Crippen molar-refractivity contribution in [3.8, 4) is 0 Å². The first-order valence-corrected chi connectivity index (χ1v) is 24.8. The van der Waals surface area contributed by atoms with Gasteiger partial charge in [0, 0.05) is 42.6 Å². The summed E-state index contributed by atoms with van der Waals surface area (Å²) in [6, 6.07) is 7.40. The number of nitrogens with one attached hydrogen (secondary N) is 7. The van der Waals surface area contributed by atoms with Gasteiger partial charge in [-0.3, -0.25) is 33.6 Å². The van der Waals surface area contributed by atoms with E-state index in [1.165, 1.54) is 101 Å². The summed E-state index contributed by atoms with van der Waals surface area (Å²) in [7, 11) is 1.58. The lowest BCUT2D eigenvalue weighted by atomic mass is 10.00. The lowest BCUT2D eigenvalue weighted by molar-refractivity contribution is -0.133. The van der Waals surface area contributed by atoms with Crippen molar-refractivity contribution < 1.29 is 48.2 Å². The first kappa shape index (κ1) is 58.0. The van der Waals surface area contributed by atoms with Gasteiger partial charge >= 0.3 is 0 Å². The molecule has 386 valence electrons. The molecule has 4 aromatic rings. The van der Waals surface area contributed by atoms with Crippen LogP contribution in [0.3, 0.4) is 0 Å². The van der Waals surface area contributed by atoms with E-state index in [9.17, 15) is 38.7 Å². The van der Waals surface area contributed by atoms with Crippen molar-refractivity contribution >= 4 is 64.3 Å². The number of likely N-dealkylation sites (N-methyl/N-ethyl adjacent to an activating group) is 1. The highest BCUT2D eigenvalue weighted by atomic mass is 16.3. The molecule has 0 radical (unpaired) electrons. The lowest BCUT2D eigenvalue weighted by Gasteiger charge is -2.25. The highest BCUT2D eigenvalue weighted by Crippen LogP contribution is 2.33. The summed E-state index contributed by atoms with van der Waals surface area (Å²) in [6.45, 7) is 4.19. The summed E-state index contributed by atoms with van der Waals surface area (Å²) in [5, 5.41) is 35.1. The normalized spacial score (nSPS) is 12.7. The second-order valence-corrected chi connectivity index (χ2v) is 17.6. The lowest BCUT2D eigenvalue weighted by Crippen LogP contribution is -2.53. The van der Waals surface area contributed by atoms with E-state index >= 15 is 0 Å². The Kier molecular flexibility index (Phi) is 27.5. The molecule has 0 aliphatic rings. The Hall–Kier alpha value is -6.34. The van der Waals surface area contributed by atoms with E-state index in [1.54, 1.807) is 38.4 Å². The van der Waals surface area contributed by atoms with Crippen molar-refractivity contribution in [1.29, 1.82) is 0 Å². The summed E-state index contributed by atoms with van der Waals surface area (Å²) in [5.41, 5.74) is 3.25. The maximum Gasteiger partial charge on any atom is 0.245 e. The Morgan fingerprint density at radius 2 is 1.31 bits per heavy atom. The second-order valence-electron chi connectivity index (χ2n) is 17.6. The highest BCUT2D eigenvalue weighted by molar-refractivity contribution is 6.05. The molecule has 9 N–H and O–H groups in total. The Balaban J connectivity index is 0.000000691. The Labute approximate surface area is 411 Å². The van der Waals surface area contributed by atoms with Crippen molar-refractivity contribution in [2.24, 2.45) is 0 Å². The molecule has 0 aliphatic heterocycles. The number of nitrogens with zero attached hydrogens (tertiary/aromatic N) is 2. The summed E-state index contributed by atoms with van der Waals surface area (Å²) in [4.78, 5) is 92.8. The first-order valence-electron chi connectivity index (χ1n) is 24.8. The number of carbonyl (C=O) groups excluding carboxylic acids is 7. The third-order valence-electron chi connectivity index (χ3n) is 12.1. The number of aliphatic hydroxyl groups is 2. The molecule has 0 bridgehead atoms. The molecule has 2 aromatic carbocycles. The van der Waals surface area contributed by atoms with Gasteiger partial charge in [0.1, 0.15) is 23.2 Å². The van der Waals surface area contributed by atoms with Gasteiger partial charge in [-0.1, -0.05) is 116 Å². The molecule has 2 aromatic heterocycles. The number of aromatic amines is 1. The van der Waals surface area contributed by atoms with Crippen LogP contribution in [0.25, 0.3) is 21.9 Å². The summed E-state index contributed by atoms with van der Waals surface area (Å²) >= 11 is 0. The summed E-state index contributed by atoms with van der Waals surface area (Å²) in [5.74, 6) is -2.96. The second kappa shape index (κ2) is 33.2. The van der Waals surface area contributed by atoms with Crippen LogP contribution in [0.1, 0.15) is 134 Å². The van der Waals surface area contributed by atoms with Crippen molar-refractivity contribution in [2.75, 3.05) is 39.9 Å². The fourth-order valence-electron chi connectivity index (χ4n) is 7.83. The van der Waals surface area contributed by atoms with Crippen LogP contribution in [-0.4, -0.2) is 125 Å². The maximum absolute atomic E-state index is 13.5. The number of carbonyl (C=O) groups is 7. The van der Waals surface area contributed by atoms with Gasteiger partial charge in [-0.05, 0) is 42.3 Å². The van der Waals surface area contributed by atoms with Gasteiger partial charge in [0.2, 0.25) is 42.4 Å². The number of imidazole rings is 1. The number of hydrogen-bond acceptors (Lipinski definition) is 11. The topological polar surface area (TPSA) is 277 Å². The van der Waals surface area contributed by atoms with E-state index in [4.69, 9.17) is 9.52 Å². The number of hydrogen-bond donors (Lipinski definition) is 9. The van der Waals surface area contributed by atoms with Gasteiger partial charge in [0.05, 0.1) is 51.3 Å². The van der Waals surface area contributed by atoms with E-state index in [2.05, 4.69) is 55.7 Å². The molecular formula is C51H77N9O10. The van der Waals surface area contributed by atoms with Crippen molar-refractivity contribution in [1.82, 2.24) is 46.8 Å². The predicted octanol–water partition coefficient (Wildman–Crippen LogP) is 4.15. The predicted molar refractivity (Wildman–Crippen MR) is 268 cm³/mol. The largest absolute Gasteiger partial charge is 0.456 e. The van der Waals surface area contributed by atoms with E-state index in [0.29, 0.717) is 34.2 Å². The number of aromatic nitrogens is 2. The van der Waals surface area contributed by atoms with E-state index in [0.717, 1.165) is 10.9 Å². The first-order chi connectivity index (χ1) is 33.9. The Morgan fingerprint density at radius 3 is 1.87 bits per heavy atom. The van der Waals surface area contributed by atoms with E-state index in [-0.39, 0.29) is 38.9 Å². The molecule has 0 saturated heterocycles. The number of H-pyrrole nitrogens is 1. The minimum atomic E-state index is -1.21. The van der Waals surface area contributed by atoms with Gasteiger partial charge in [-0.15, -0.1) is 0 Å². The van der Waals surface area contributed by atoms with Gasteiger partial charge in [0.15, 0.2) is 0 Å². The van der Waals surface area contributed by atoms with Crippen LogP contribution in [-0.2, 0) is 46.4 Å². The van der Waals surface area contributed by atoms with Crippen molar-refractivity contribution in [3.63, 3.8) is 0 Å². The molecule has 19 heteroatoms. The zero-order valence-corrected chi connectivity index (χ0v) is 41.5. The van der Waals surface area contributed by atoms with Crippen LogP contribution in [0.5, 0.6) is 0 Å².